The Morgan fingerprint density at radius 1 is 1.53 bits per heavy atom. The Hall–Kier alpha value is -1.85. The van der Waals surface area contributed by atoms with Crippen molar-refractivity contribution in [1.29, 1.82) is 0 Å². The molecular weight excluding hydrogens is 242 g/mol. The van der Waals surface area contributed by atoms with Gasteiger partial charge < -0.3 is 16.0 Å². The third kappa shape index (κ3) is 3.33. The number of nitrogens with two attached hydrogens (primary N) is 1. The van der Waals surface area contributed by atoms with Crippen molar-refractivity contribution in [3.63, 3.8) is 0 Å². The second kappa shape index (κ2) is 5.42. The van der Waals surface area contributed by atoms with Crippen molar-refractivity contribution >= 4 is 17.5 Å². The molecule has 1 atom stereocenters. The van der Waals surface area contributed by atoms with E-state index in [1.807, 2.05) is 13.8 Å². The van der Waals surface area contributed by atoms with Crippen LogP contribution >= 0.6 is 0 Å². The molecule has 2 heterocycles. The summed E-state index contributed by atoms with van der Waals surface area (Å²) in [4.78, 5) is 22.0. The van der Waals surface area contributed by atoms with E-state index in [9.17, 15) is 4.79 Å². The number of rotatable bonds is 3. The van der Waals surface area contributed by atoms with Gasteiger partial charge in [-0.2, -0.15) is 0 Å². The molecule has 1 amide bonds. The molecule has 0 bridgehead atoms. The highest BCUT2D eigenvalue weighted by molar-refractivity contribution is 5.73. The fourth-order valence-electron chi connectivity index (χ4n) is 2.27. The van der Waals surface area contributed by atoms with Gasteiger partial charge in [-0.25, -0.2) is 9.97 Å². The largest absolute Gasteiger partial charge is 0.384 e. The number of carbonyl (C=O) groups excluding carboxylic acids is 1. The van der Waals surface area contributed by atoms with Crippen LogP contribution < -0.4 is 16.0 Å². The Balaban J connectivity index is 2.12. The van der Waals surface area contributed by atoms with Gasteiger partial charge in [0.1, 0.15) is 17.5 Å². The summed E-state index contributed by atoms with van der Waals surface area (Å²) >= 11 is 0. The van der Waals surface area contributed by atoms with Gasteiger partial charge in [-0.05, 0) is 6.42 Å². The number of hydrogen-bond donors (Lipinski definition) is 2. The van der Waals surface area contributed by atoms with Crippen molar-refractivity contribution in [2.45, 2.75) is 39.2 Å². The molecular formula is C13H21N5O. The molecule has 0 saturated carbocycles. The molecule has 3 N–H and O–H groups in total. The minimum Gasteiger partial charge on any atom is -0.384 e. The Morgan fingerprint density at radius 3 is 2.89 bits per heavy atom. The summed E-state index contributed by atoms with van der Waals surface area (Å²) in [7, 11) is 0. The summed E-state index contributed by atoms with van der Waals surface area (Å²) in [5, 5.41) is 2.94. The maximum Gasteiger partial charge on any atom is 0.217 e. The number of nitrogens with zero attached hydrogens (tertiary/aromatic N) is 3. The van der Waals surface area contributed by atoms with E-state index in [-0.39, 0.29) is 17.9 Å². The maximum absolute atomic E-state index is 11.1. The van der Waals surface area contributed by atoms with Gasteiger partial charge in [0.15, 0.2) is 0 Å². The third-order valence-electron chi connectivity index (χ3n) is 3.19. The van der Waals surface area contributed by atoms with Crippen LogP contribution in [0.4, 0.5) is 11.6 Å². The Morgan fingerprint density at radius 2 is 2.26 bits per heavy atom. The van der Waals surface area contributed by atoms with Gasteiger partial charge >= 0.3 is 0 Å². The molecule has 1 unspecified atom stereocenters. The molecule has 1 aliphatic heterocycles. The second-order valence-corrected chi connectivity index (χ2v) is 5.30. The molecule has 6 nitrogen and oxygen atoms in total. The van der Waals surface area contributed by atoms with Crippen LogP contribution in [0.15, 0.2) is 6.07 Å². The van der Waals surface area contributed by atoms with Crippen LogP contribution in [0, 0.1) is 0 Å². The quantitative estimate of drug-likeness (QED) is 0.846. The van der Waals surface area contributed by atoms with Crippen LogP contribution in [0.2, 0.25) is 0 Å². The third-order valence-corrected chi connectivity index (χ3v) is 3.19. The molecule has 19 heavy (non-hydrogen) atoms. The molecule has 1 fully saturated rings. The van der Waals surface area contributed by atoms with E-state index in [0.29, 0.717) is 5.82 Å². The summed E-state index contributed by atoms with van der Waals surface area (Å²) < 4.78 is 0. The zero-order chi connectivity index (χ0) is 14.0. The van der Waals surface area contributed by atoms with Crippen molar-refractivity contribution in [3.8, 4) is 0 Å². The highest BCUT2D eigenvalue weighted by atomic mass is 16.1. The van der Waals surface area contributed by atoms with Crippen molar-refractivity contribution in [2.24, 2.45) is 0 Å². The Bertz CT molecular complexity index is 474. The van der Waals surface area contributed by atoms with Crippen LogP contribution in [0.1, 0.15) is 38.9 Å². The lowest BCUT2D eigenvalue weighted by Crippen LogP contribution is -2.35. The number of carbonyl (C=O) groups is 1. The molecule has 0 spiro atoms. The molecule has 0 radical (unpaired) electrons. The first-order chi connectivity index (χ1) is 8.95. The van der Waals surface area contributed by atoms with Crippen molar-refractivity contribution in [3.05, 3.63) is 11.9 Å². The van der Waals surface area contributed by atoms with Crippen molar-refractivity contribution in [2.75, 3.05) is 23.7 Å². The average molecular weight is 263 g/mol. The molecule has 6 heteroatoms. The van der Waals surface area contributed by atoms with Gasteiger partial charge in [0.25, 0.3) is 0 Å². The van der Waals surface area contributed by atoms with Crippen molar-refractivity contribution in [1.82, 2.24) is 15.3 Å². The average Bonchev–Trinajstić information content (AvgIpc) is 2.75. The summed E-state index contributed by atoms with van der Waals surface area (Å²) in [5.41, 5.74) is 5.83. The monoisotopic (exact) mass is 263 g/mol. The van der Waals surface area contributed by atoms with Crippen LogP contribution in [0.25, 0.3) is 0 Å². The van der Waals surface area contributed by atoms with Crippen molar-refractivity contribution < 1.29 is 4.79 Å². The molecule has 2 rings (SSSR count). The molecule has 0 aliphatic carbocycles. The first kappa shape index (κ1) is 13.6. The zero-order valence-electron chi connectivity index (χ0n) is 11.7. The zero-order valence-corrected chi connectivity index (χ0v) is 11.7. The number of hydrogen-bond acceptors (Lipinski definition) is 5. The number of nitrogen functional groups attached to an aromatic ring is 1. The van der Waals surface area contributed by atoms with Crippen LogP contribution in [0.3, 0.4) is 0 Å². The number of amides is 1. The Kier molecular flexibility index (Phi) is 3.87. The van der Waals surface area contributed by atoms with E-state index in [1.165, 1.54) is 0 Å². The van der Waals surface area contributed by atoms with E-state index in [0.717, 1.165) is 31.2 Å². The number of nitrogens with one attached hydrogen (secondary N) is 1. The Labute approximate surface area is 113 Å². The summed E-state index contributed by atoms with van der Waals surface area (Å²) in [6.07, 6.45) is 0.931. The standard InChI is InChI=1S/C13H21N5O/c1-8(2)13-16-11(14)6-12(17-13)18-5-4-10(7-18)15-9(3)19/h6,8,10H,4-5,7H2,1-3H3,(H,15,19)(H2,14,16,17). The van der Waals surface area contributed by atoms with Crippen LogP contribution in [0.5, 0.6) is 0 Å². The van der Waals surface area contributed by atoms with E-state index < -0.39 is 0 Å². The highest BCUT2D eigenvalue weighted by Crippen LogP contribution is 2.22. The number of aromatic nitrogens is 2. The minimum atomic E-state index is 0.0110. The smallest absolute Gasteiger partial charge is 0.217 e. The first-order valence-corrected chi connectivity index (χ1v) is 6.62. The van der Waals surface area contributed by atoms with Gasteiger partial charge in [0.05, 0.1) is 0 Å². The summed E-state index contributed by atoms with van der Waals surface area (Å²) in [5.74, 6) is 2.37. The normalized spacial score (nSPS) is 18.9. The molecule has 104 valence electrons. The van der Waals surface area contributed by atoms with E-state index in [2.05, 4.69) is 20.2 Å². The van der Waals surface area contributed by atoms with Gasteiger partial charge in [0.2, 0.25) is 5.91 Å². The predicted molar refractivity (Wildman–Crippen MR) is 75.0 cm³/mol. The maximum atomic E-state index is 11.1. The highest BCUT2D eigenvalue weighted by Gasteiger charge is 2.24. The van der Waals surface area contributed by atoms with Crippen LogP contribution in [-0.2, 0) is 4.79 Å². The predicted octanol–water partition coefficient (Wildman–Crippen LogP) is 0.897. The summed E-state index contributed by atoms with van der Waals surface area (Å²) in [6, 6.07) is 1.98. The van der Waals surface area contributed by atoms with E-state index >= 15 is 0 Å². The molecule has 1 aromatic heterocycles. The molecule has 1 aliphatic rings. The van der Waals surface area contributed by atoms with Gasteiger partial charge in [-0.3, -0.25) is 4.79 Å². The lowest BCUT2D eigenvalue weighted by molar-refractivity contribution is -0.119. The molecule has 0 aromatic carbocycles. The first-order valence-electron chi connectivity index (χ1n) is 6.62. The number of anilines is 2. The van der Waals surface area contributed by atoms with Gasteiger partial charge in [-0.1, -0.05) is 13.8 Å². The fourth-order valence-corrected chi connectivity index (χ4v) is 2.27. The summed E-state index contributed by atoms with van der Waals surface area (Å²) in [6.45, 7) is 7.28. The topological polar surface area (TPSA) is 84.1 Å². The van der Waals surface area contributed by atoms with Gasteiger partial charge in [-0.15, -0.1) is 0 Å². The van der Waals surface area contributed by atoms with Gasteiger partial charge in [0, 0.05) is 38.0 Å². The fraction of sp³-hybridized carbons (Fsp3) is 0.615. The SMILES string of the molecule is CC(=O)NC1CCN(c2cc(N)nc(C(C)C)n2)C1. The molecule has 1 aromatic rings. The van der Waals surface area contributed by atoms with Crippen LogP contribution in [-0.4, -0.2) is 35.0 Å². The molecule has 1 saturated heterocycles. The van der Waals surface area contributed by atoms with E-state index in [4.69, 9.17) is 5.73 Å². The lowest BCUT2D eigenvalue weighted by atomic mass is 10.2. The lowest BCUT2D eigenvalue weighted by Gasteiger charge is -2.19. The second-order valence-electron chi connectivity index (χ2n) is 5.30. The minimum absolute atomic E-state index is 0.0110. The van der Waals surface area contributed by atoms with E-state index in [1.54, 1.807) is 13.0 Å².